The van der Waals surface area contributed by atoms with Crippen LogP contribution in [0.4, 0.5) is 5.95 Å². The third kappa shape index (κ3) is 3.17. The zero-order valence-electron chi connectivity index (χ0n) is 14.6. The lowest BCUT2D eigenvalue weighted by atomic mass is 10.1. The maximum Gasteiger partial charge on any atom is 0.265 e. The number of fused-ring (bicyclic) bond motifs is 3. The third-order valence-corrected chi connectivity index (χ3v) is 4.08. The number of anilines is 1. The molecular formula is C20H18N6. The van der Waals surface area contributed by atoms with Crippen molar-refractivity contribution < 1.29 is 0 Å². The molecule has 6 heteroatoms. The fraction of sp³-hybridized carbons (Fsp3) is 0.100. The summed E-state index contributed by atoms with van der Waals surface area (Å²) in [4.78, 5) is 7.76. The van der Waals surface area contributed by atoms with Crippen molar-refractivity contribution in [2.75, 3.05) is 5.43 Å². The Morgan fingerprint density at radius 2 is 1.92 bits per heavy atom. The second-order valence-electron chi connectivity index (χ2n) is 6.12. The van der Waals surface area contributed by atoms with E-state index in [-0.39, 0.29) is 0 Å². The molecule has 2 aromatic heterocycles. The third-order valence-electron chi connectivity index (χ3n) is 4.08. The average Bonchev–Trinajstić information content (AvgIpc) is 3.02. The first-order chi connectivity index (χ1) is 12.7. The van der Waals surface area contributed by atoms with Gasteiger partial charge in [0.05, 0.1) is 11.7 Å². The van der Waals surface area contributed by atoms with Crippen LogP contribution in [0.2, 0.25) is 0 Å². The second kappa shape index (κ2) is 6.76. The molecule has 0 spiro atoms. The lowest BCUT2D eigenvalue weighted by Gasteiger charge is -1.98. The molecule has 4 aromatic rings. The number of benzene rings is 2. The quantitative estimate of drug-likeness (QED) is 0.428. The van der Waals surface area contributed by atoms with Crippen molar-refractivity contribution in [2.45, 2.75) is 13.8 Å². The minimum absolute atomic E-state index is 0.352. The molecule has 0 aliphatic heterocycles. The highest BCUT2D eigenvalue weighted by molar-refractivity contribution is 6.04. The maximum atomic E-state index is 4.46. The fourth-order valence-corrected chi connectivity index (χ4v) is 2.83. The van der Waals surface area contributed by atoms with Gasteiger partial charge in [-0.1, -0.05) is 54.6 Å². The average molecular weight is 342 g/mol. The van der Waals surface area contributed by atoms with E-state index in [9.17, 15) is 0 Å². The molecule has 2 N–H and O–H groups in total. The summed E-state index contributed by atoms with van der Waals surface area (Å²) in [6.45, 7) is 4.04. The zero-order valence-corrected chi connectivity index (χ0v) is 14.6. The number of aryl methyl sites for hydroxylation is 1. The summed E-state index contributed by atoms with van der Waals surface area (Å²) in [6, 6.07) is 16.2. The van der Waals surface area contributed by atoms with Crippen molar-refractivity contribution in [3.8, 4) is 0 Å². The molecule has 128 valence electrons. The minimum Gasteiger partial charge on any atom is -0.337 e. The van der Waals surface area contributed by atoms with Gasteiger partial charge in [-0.15, -0.1) is 10.2 Å². The normalized spacial score (nSPS) is 12.3. The van der Waals surface area contributed by atoms with Crippen molar-refractivity contribution in [1.29, 1.82) is 0 Å². The molecule has 0 radical (unpaired) electrons. The van der Waals surface area contributed by atoms with Gasteiger partial charge in [-0.2, -0.15) is 10.1 Å². The van der Waals surface area contributed by atoms with Crippen LogP contribution in [0.1, 0.15) is 18.1 Å². The van der Waals surface area contributed by atoms with Crippen molar-refractivity contribution in [3.05, 3.63) is 65.2 Å². The Balaban J connectivity index is 1.55. The van der Waals surface area contributed by atoms with Gasteiger partial charge in [0.1, 0.15) is 5.52 Å². The molecular weight excluding hydrogens is 324 g/mol. The summed E-state index contributed by atoms with van der Waals surface area (Å²) >= 11 is 0. The zero-order chi connectivity index (χ0) is 17.9. The van der Waals surface area contributed by atoms with Crippen molar-refractivity contribution in [1.82, 2.24) is 20.2 Å². The first kappa shape index (κ1) is 16.0. The molecule has 0 saturated carbocycles. The summed E-state index contributed by atoms with van der Waals surface area (Å²) in [5, 5.41) is 13.6. The summed E-state index contributed by atoms with van der Waals surface area (Å²) in [6.07, 6.45) is 3.78. The predicted octanol–water partition coefficient (Wildman–Crippen LogP) is 4.32. The van der Waals surface area contributed by atoms with Crippen molar-refractivity contribution in [3.63, 3.8) is 0 Å². The monoisotopic (exact) mass is 342 g/mol. The Morgan fingerprint density at radius 1 is 1.08 bits per heavy atom. The summed E-state index contributed by atoms with van der Waals surface area (Å²) in [5.74, 6) is 0.352. The number of nitrogens with one attached hydrogen (secondary N) is 2. The highest BCUT2D eigenvalue weighted by atomic mass is 15.4. The molecule has 0 saturated heterocycles. The second-order valence-corrected chi connectivity index (χ2v) is 6.12. The van der Waals surface area contributed by atoms with Crippen molar-refractivity contribution in [2.24, 2.45) is 5.10 Å². The Kier molecular flexibility index (Phi) is 4.15. The predicted molar refractivity (Wildman–Crippen MR) is 106 cm³/mol. The molecule has 2 aromatic carbocycles. The van der Waals surface area contributed by atoms with Crippen LogP contribution in [0.25, 0.3) is 28.1 Å². The lowest BCUT2D eigenvalue weighted by molar-refractivity contribution is 1.01. The van der Waals surface area contributed by atoms with Crippen LogP contribution in [0.5, 0.6) is 0 Å². The Bertz CT molecular complexity index is 1130. The molecule has 0 aliphatic rings. The molecule has 0 bridgehead atoms. The van der Waals surface area contributed by atoms with Crippen LogP contribution in [0.15, 0.2) is 59.2 Å². The van der Waals surface area contributed by atoms with E-state index in [1.54, 1.807) is 6.21 Å². The molecule has 4 rings (SSSR count). The van der Waals surface area contributed by atoms with E-state index in [1.807, 2.05) is 55.5 Å². The smallest absolute Gasteiger partial charge is 0.265 e. The largest absolute Gasteiger partial charge is 0.337 e. The molecule has 0 fully saturated rings. The standard InChI is InChI=1S/C20H18N6/c1-13(11-15-8-4-3-5-9-15)12-21-25-20-23-19-18(24-26-20)16-10-6-7-14(2)17(16)22-19/h3-12H,1-2H3,(H2,22,23,25,26)/b13-11+,21-12?. The summed E-state index contributed by atoms with van der Waals surface area (Å²) in [7, 11) is 0. The number of rotatable bonds is 4. The lowest BCUT2D eigenvalue weighted by Crippen LogP contribution is -1.98. The SMILES string of the molecule is C/C(C=NNc1nnc2c(n1)[nH]c1c(C)cccc12)=C\c1ccccc1. The Hall–Kier alpha value is -3.54. The molecule has 0 atom stereocenters. The van der Waals surface area contributed by atoms with E-state index in [1.165, 1.54) is 0 Å². The van der Waals surface area contributed by atoms with Gasteiger partial charge in [-0.05, 0) is 30.5 Å². The number of aromatic amines is 1. The topological polar surface area (TPSA) is 78.8 Å². The molecule has 0 amide bonds. The Labute approximate surface area is 150 Å². The van der Waals surface area contributed by atoms with Gasteiger partial charge >= 0.3 is 0 Å². The fourth-order valence-electron chi connectivity index (χ4n) is 2.83. The number of aromatic nitrogens is 4. The molecule has 2 heterocycles. The van der Waals surface area contributed by atoms with Gasteiger partial charge in [0.2, 0.25) is 0 Å². The van der Waals surface area contributed by atoms with Crippen LogP contribution in [-0.4, -0.2) is 26.4 Å². The molecule has 6 nitrogen and oxygen atoms in total. The van der Waals surface area contributed by atoms with Gasteiger partial charge in [0.15, 0.2) is 5.65 Å². The van der Waals surface area contributed by atoms with Crippen LogP contribution in [-0.2, 0) is 0 Å². The Morgan fingerprint density at radius 3 is 2.77 bits per heavy atom. The van der Waals surface area contributed by atoms with E-state index < -0.39 is 0 Å². The van der Waals surface area contributed by atoms with Gasteiger partial charge in [-0.3, -0.25) is 0 Å². The molecule has 26 heavy (non-hydrogen) atoms. The maximum absolute atomic E-state index is 4.46. The van der Waals surface area contributed by atoms with Crippen LogP contribution >= 0.6 is 0 Å². The highest BCUT2D eigenvalue weighted by Crippen LogP contribution is 2.24. The van der Waals surface area contributed by atoms with Crippen molar-refractivity contribution >= 4 is 40.3 Å². The number of nitrogens with zero attached hydrogens (tertiary/aromatic N) is 4. The highest BCUT2D eigenvalue weighted by Gasteiger charge is 2.09. The number of para-hydroxylation sites is 1. The number of allylic oxidation sites excluding steroid dienone is 1. The number of hydrazone groups is 1. The minimum atomic E-state index is 0.352. The van der Waals surface area contributed by atoms with E-state index in [4.69, 9.17) is 0 Å². The van der Waals surface area contributed by atoms with E-state index in [0.29, 0.717) is 11.6 Å². The van der Waals surface area contributed by atoms with Gasteiger partial charge in [-0.25, -0.2) is 5.43 Å². The first-order valence-corrected chi connectivity index (χ1v) is 8.35. The van der Waals surface area contributed by atoms with Gasteiger partial charge < -0.3 is 4.98 Å². The number of H-pyrrole nitrogens is 1. The number of hydrogen-bond donors (Lipinski definition) is 2. The van der Waals surface area contributed by atoms with E-state index >= 15 is 0 Å². The van der Waals surface area contributed by atoms with Crippen LogP contribution < -0.4 is 5.43 Å². The number of hydrogen-bond acceptors (Lipinski definition) is 5. The summed E-state index contributed by atoms with van der Waals surface area (Å²) in [5.41, 5.74) is 8.62. The van der Waals surface area contributed by atoms with Crippen LogP contribution in [0, 0.1) is 6.92 Å². The van der Waals surface area contributed by atoms with Gasteiger partial charge in [0.25, 0.3) is 5.95 Å². The molecule has 0 unspecified atom stereocenters. The summed E-state index contributed by atoms with van der Waals surface area (Å²) < 4.78 is 0. The first-order valence-electron chi connectivity index (χ1n) is 8.35. The van der Waals surface area contributed by atoms with Crippen LogP contribution in [0.3, 0.4) is 0 Å². The van der Waals surface area contributed by atoms with Gasteiger partial charge in [0, 0.05) is 5.39 Å². The van der Waals surface area contributed by atoms with E-state index in [2.05, 4.69) is 43.7 Å². The van der Waals surface area contributed by atoms with E-state index in [0.717, 1.165) is 33.1 Å². The molecule has 0 aliphatic carbocycles.